The number of nitrogens with one attached hydrogen (secondary N) is 1. The zero-order valence-corrected chi connectivity index (χ0v) is 10.5. The first-order valence-corrected chi connectivity index (χ1v) is 6.03. The maximum absolute atomic E-state index is 11.6. The van der Waals surface area contributed by atoms with Crippen LogP contribution >= 0.6 is 0 Å². The van der Waals surface area contributed by atoms with Crippen molar-refractivity contribution in [2.75, 3.05) is 6.61 Å². The molecule has 0 aromatic rings. The highest BCUT2D eigenvalue weighted by Crippen LogP contribution is 2.28. The summed E-state index contributed by atoms with van der Waals surface area (Å²) in [6, 6.07) is 0.169. The molecule has 2 atom stereocenters. The standard InChI is InChI=1S/C12H23NO3/c1-12(2,3)16-11(15)13-10-6-4-5-9(10)7-8-14/h9-10,14H,4-8H2,1-3H3,(H,13,15). The molecule has 0 radical (unpaired) electrons. The molecule has 4 heteroatoms. The van der Waals surface area contributed by atoms with Crippen LogP contribution in [0.5, 0.6) is 0 Å². The van der Waals surface area contributed by atoms with E-state index in [1.165, 1.54) is 0 Å². The van der Waals surface area contributed by atoms with Crippen LogP contribution in [-0.4, -0.2) is 29.4 Å². The topological polar surface area (TPSA) is 58.6 Å². The molecule has 94 valence electrons. The molecule has 1 aliphatic carbocycles. The Morgan fingerprint density at radius 2 is 2.12 bits per heavy atom. The summed E-state index contributed by atoms with van der Waals surface area (Å²) in [6.07, 6.45) is 3.61. The molecule has 2 N–H and O–H groups in total. The number of alkyl carbamates (subject to hydrolysis) is 1. The number of amides is 1. The lowest BCUT2D eigenvalue weighted by molar-refractivity contribution is 0.0488. The summed E-state index contributed by atoms with van der Waals surface area (Å²) >= 11 is 0. The van der Waals surface area contributed by atoms with Crippen molar-refractivity contribution < 1.29 is 14.6 Å². The van der Waals surface area contributed by atoms with Gasteiger partial charge in [-0.15, -0.1) is 0 Å². The van der Waals surface area contributed by atoms with Crippen molar-refractivity contribution in [1.29, 1.82) is 0 Å². The van der Waals surface area contributed by atoms with E-state index in [9.17, 15) is 4.79 Å². The van der Waals surface area contributed by atoms with Crippen LogP contribution in [0.25, 0.3) is 0 Å². The zero-order valence-electron chi connectivity index (χ0n) is 10.5. The van der Waals surface area contributed by atoms with Crippen LogP contribution in [0.4, 0.5) is 4.79 Å². The summed E-state index contributed by atoms with van der Waals surface area (Å²) in [5.74, 6) is 0.400. The lowest BCUT2D eigenvalue weighted by Crippen LogP contribution is -2.41. The van der Waals surface area contributed by atoms with Gasteiger partial charge in [0.15, 0.2) is 0 Å². The fourth-order valence-corrected chi connectivity index (χ4v) is 2.20. The number of rotatable bonds is 3. The highest BCUT2D eigenvalue weighted by atomic mass is 16.6. The van der Waals surface area contributed by atoms with E-state index in [4.69, 9.17) is 9.84 Å². The SMILES string of the molecule is CC(C)(C)OC(=O)NC1CCCC1CCO. The van der Waals surface area contributed by atoms with Crippen molar-refractivity contribution in [3.8, 4) is 0 Å². The van der Waals surface area contributed by atoms with Crippen LogP contribution in [0.15, 0.2) is 0 Å². The smallest absolute Gasteiger partial charge is 0.407 e. The zero-order chi connectivity index (χ0) is 12.2. The molecule has 0 heterocycles. The Morgan fingerprint density at radius 1 is 1.44 bits per heavy atom. The minimum atomic E-state index is -0.449. The molecule has 0 aromatic carbocycles. The van der Waals surface area contributed by atoms with Gasteiger partial charge in [-0.1, -0.05) is 6.42 Å². The van der Waals surface area contributed by atoms with Crippen LogP contribution in [0.3, 0.4) is 0 Å². The Morgan fingerprint density at radius 3 is 2.69 bits per heavy atom. The monoisotopic (exact) mass is 229 g/mol. The molecular weight excluding hydrogens is 206 g/mol. The number of ether oxygens (including phenoxy) is 1. The van der Waals surface area contributed by atoms with Crippen LogP contribution in [0, 0.1) is 5.92 Å². The van der Waals surface area contributed by atoms with E-state index in [0.29, 0.717) is 5.92 Å². The van der Waals surface area contributed by atoms with E-state index in [1.54, 1.807) is 0 Å². The van der Waals surface area contributed by atoms with E-state index in [-0.39, 0.29) is 18.7 Å². The summed E-state index contributed by atoms with van der Waals surface area (Å²) in [7, 11) is 0. The fraction of sp³-hybridized carbons (Fsp3) is 0.917. The van der Waals surface area contributed by atoms with E-state index < -0.39 is 5.60 Å². The van der Waals surface area contributed by atoms with Gasteiger partial charge in [-0.3, -0.25) is 0 Å². The largest absolute Gasteiger partial charge is 0.444 e. The average Bonchev–Trinajstić information content (AvgIpc) is 2.50. The Hall–Kier alpha value is -0.770. The Bertz CT molecular complexity index is 235. The Balaban J connectivity index is 2.38. The molecule has 0 spiro atoms. The van der Waals surface area contributed by atoms with Gasteiger partial charge in [0.1, 0.15) is 5.60 Å². The van der Waals surface area contributed by atoms with Gasteiger partial charge in [-0.2, -0.15) is 0 Å². The first kappa shape index (κ1) is 13.3. The summed E-state index contributed by atoms with van der Waals surface area (Å²) in [4.78, 5) is 11.6. The molecule has 0 saturated heterocycles. The third-order valence-corrected chi connectivity index (χ3v) is 2.86. The Labute approximate surface area is 97.4 Å². The molecule has 16 heavy (non-hydrogen) atoms. The van der Waals surface area contributed by atoms with Gasteiger partial charge in [-0.25, -0.2) is 4.79 Å². The minimum absolute atomic E-state index is 0.169. The summed E-state index contributed by atoms with van der Waals surface area (Å²) in [5, 5.41) is 11.8. The normalized spacial score (nSPS) is 25.5. The van der Waals surface area contributed by atoms with Crippen LogP contribution in [-0.2, 0) is 4.74 Å². The number of aliphatic hydroxyl groups excluding tert-OH is 1. The summed E-state index contributed by atoms with van der Waals surface area (Å²) in [6.45, 7) is 5.75. The number of hydrogen-bond acceptors (Lipinski definition) is 3. The highest BCUT2D eigenvalue weighted by molar-refractivity contribution is 5.68. The van der Waals surface area contributed by atoms with E-state index in [0.717, 1.165) is 25.7 Å². The molecule has 1 aliphatic rings. The van der Waals surface area contributed by atoms with Crippen LogP contribution in [0.2, 0.25) is 0 Å². The Kier molecular flexibility index (Phi) is 4.59. The summed E-state index contributed by atoms with van der Waals surface area (Å²) in [5.41, 5.74) is -0.449. The molecule has 0 bridgehead atoms. The maximum Gasteiger partial charge on any atom is 0.407 e. The quantitative estimate of drug-likeness (QED) is 0.778. The predicted molar refractivity (Wildman–Crippen MR) is 62.2 cm³/mol. The van der Waals surface area contributed by atoms with Gasteiger partial charge in [0.2, 0.25) is 0 Å². The maximum atomic E-state index is 11.6. The molecule has 4 nitrogen and oxygen atoms in total. The lowest BCUT2D eigenvalue weighted by Gasteiger charge is -2.24. The average molecular weight is 229 g/mol. The molecule has 1 rings (SSSR count). The van der Waals surface area contributed by atoms with Gasteiger partial charge in [0.05, 0.1) is 0 Å². The molecular formula is C12H23NO3. The minimum Gasteiger partial charge on any atom is -0.444 e. The number of carbonyl (C=O) groups excluding carboxylic acids is 1. The van der Waals surface area contributed by atoms with Crippen LogP contribution in [0.1, 0.15) is 46.5 Å². The third-order valence-electron chi connectivity index (χ3n) is 2.86. The molecule has 1 saturated carbocycles. The molecule has 2 unspecified atom stereocenters. The summed E-state index contributed by atoms with van der Waals surface area (Å²) < 4.78 is 5.21. The number of carbonyl (C=O) groups is 1. The molecule has 1 fully saturated rings. The highest BCUT2D eigenvalue weighted by Gasteiger charge is 2.29. The number of hydrogen-bond donors (Lipinski definition) is 2. The second kappa shape index (κ2) is 5.53. The second-order valence-corrected chi connectivity index (χ2v) is 5.46. The fourth-order valence-electron chi connectivity index (χ4n) is 2.20. The number of aliphatic hydroxyl groups is 1. The van der Waals surface area contributed by atoms with Gasteiger partial charge >= 0.3 is 6.09 Å². The lowest BCUT2D eigenvalue weighted by atomic mass is 10.0. The van der Waals surface area contributed by atoms with Gasteiger partial charge in [0, 0.05) is 12.6 Å². The van der Waals surface area contributed by atoms with Gasteiger partial charge < -0.3 is 15.2 Å². The first-order valence-electron chi connectivity index (χ1n) is 6.03. The van der Waals surface area contributed by atoms with E-state index >= 15 is 0 Å². The molecule has 1 amide bonds. The first-order chi connectivity index (χ1) is 7.42. The predicted octanol–water partition coefficient (Wildman–Crippen LogP) is 2.06. The van der Waals surface area contributed by atoms with Crippen molar-refractivity contribution in [1.82, 2.24) is 5.32 Å². The van der Waals surface area contributed by atoms with Crippen molar-refractivity contribution in [2.24, 2.45) is 5.92 Å². The van der Waals surface area contributed by atoms with Crippen molar-refractivity contribution >= 4 is 6.09 Å². The van der Waals surface area contributed by atoms with Crippen molar-refractivity contribution in [3.05, 3.63) is 0 Å². The van der Waals surface area contributed by atoms with Crippen molar-refractivity contribution in [2.45, 2.75) is 58.1 Å². The van der Waals surface area contributed by atoms with Crippen LogP contribution < -0.4 is 5.32 Å². The van der Waals surface area contributed by atoms with E-state index in [1.807, 2.05) is 20.8 Å². The van der Waals surface area contributed by atoms with E-state index in [2.05, 4.69) is 5.32 Å². The van der Waals surface area contributed by atoms with Crippen molar-refractivity contribution in [3.63, 3.8) is 0 Å². The molecule has 0 aliphatic heterocycles. The second-order valence-electron chi connectivity index (χ2n) is 5.46. The van der Waals surface area contributed by atoms with Gasteiger partial charge in [0.25, 0.3) is 0 Å². The van der Waals surface area contributed by atoms with Gasteiger partial charge in [-0.05, 0) is 46.0 Å². The molecule has 0 aromatic heterocycles. The third kappa shape index (κ3) is 4.39.